The lowest BCUT2D eigenvalue weighted by molar-refractivity contribution is 0.0123. The average molecular weight is 573 g/mol. The first kappa shape index (κ1) is 27.9. The Hall–Kier alpha value is -4.28. The topological polar surface area (TPSA) is 101 Å². The van der Waals surface area contributed by atoms with Crippen LogP contribution < -0.4 is 10.2 Å². The second-order valence-corrected chi connectivity index (χ2v) is 12.5. The van der Waals surface area contributed by atoms with Crippen LogP contribution in [0.1, 0.15) is 59.1 Å². The van der Waals surface area contributed by atoms with Crippen molar-refractivity contribution in [2.75, 3.05) is 23.3 Å². The number of fused-ring (bicyclic) bond motifs is 3. The molecule has 2 aliphatic rings. The summed E-state index contributed by atoms with van der Waals surface area (Å²) >= 11 is 0. The van der Waals surface area contributed by atoms with E-state index in [9.17, 15) is 9.18 Å². The zero-order chi connectivity index (χ0) is 29.8. The normalized spacial score (nSPS) is 18.7. The van der Waals surface area contributed by atoms with Crippen molar-refractivity contribution in [1.82, 2.24) is 29.6 Å². The largest absolute Gasteiger partial charge is 0.444 e. The molecule has 3 aromatic heterocycles. The molecule has 4 aromatic rings. The number of piperazine rings is 1. The van der Waals surface area contributed by atoms with Gasteiger partial charge >= 0.3 is 6.09 Å². The fourth-order valence-electron chi connectivity index (χ4n) is 6.17. The van der Waals surface area contributed by atoms with Crippen molar-refractivity contribution in [3.8, 4) is 11.3 Å². The molecule has 2 bridgehead atoms. The first-order chi connectivity index (χ1) is 20.0. The lowest BCUT2D eigenvalue weighted by atomic mass is 10.0. The number of halogens is 1. The molecule has 2 aliphatic heterocycles. The SMILES string of the molecule is CC(C)c1c2cc(-c3nc(Nc4ccc(N5CC6CCC(C5)N6C(=O)OC(C)(C)C)cn4)ncc3F)ccc2nn1C. The molecule has 0 aliphatic carbocycles. The number of aromatic nitrogens is 5. The Morgan fingerprint density at radius 2 is 1.81 bits per heavy atom. The summed E-state index contributed by atoms with van der Waals surface area (Å²) < 4.78 is 22.5. The number of ether oxygens (including phenoxy) is 1. The smallest absolute Gasteiger partial charge is 0.410 e. The number of amides is 1. The number of rotatable bonds is 5. The van der Waals surface area contributed by atoms with Gasteiger partial charge in [0.2, 0.25) is 5.95 Å². The summed E-state index contributed by atoms with van der Waals surface area (Å²) in [6.45, 7) is 11.4. The average Bonchev–Trinajstić information content (AvgIpc) is 3.40. The number of hydrogen-bond acceptors (Lipinski definition) is 8. The van der Waals surface area contributed by atoms with Crippen LogP contribution in [-0.4, -0.2) is 66.5 Å². The monoisotopic (exact) mass is 572 g/mol. The molecule has 5 heterocycles. The summed E-state index contributed by atoms with van der Waals surface area (Å²) in [5.41, 5.74) is 3.28. The third-order valence-corrected chi connectivity index (χ3v) is 7.88. The molecule has 2 fully saturated rings. The third-order valence-electron chi connectivity index (χ3n) is 7.88. The molecular weight excluding hydrogens is 535 g/mol. The molecule has 1 N–H and O–H groups in total. The molecule has 0 saturated carbocycles. The Labute approximate surface area is 244 Å². The number of anilines is 3. The van der Waals surface area contributed by atoms with Crippen LogP contribution in [0.3, 0.4) is 0 Å². The van der Waals surface area contributed by atoms with Gasteiger partial charge in [0, 0.05) is 36.8 Å². The summed E-state index contributed by atoms with van der Waals surface area (Å²) in [6.07, 6.45) is 4.68. The van der Waals surface area contributed by atoms with Gasteiger partial charge in [0.15, 0.2) is 5.82 Å². The third kappa shape index (κ3) is 5.35. The minimum absolute atomic E-state index is 0.116. The predicted octanol–water partition coefficient (Wildman–Crippen LogP) is 6.02. The van der Waals surface area contributed by atoms with E-state index in [0.29, 0.717) is 11.4 Å². The quantitative estimate of drug-likeness (QED) is 0.310. The van der Waals surface area contributed by atoms with Gasteiger partial charge in [0.1, 0.15) is 17.1 Å². The van der Waals surface area contributed by atoms with E-state index in [1.54, 1.807) is 6.20 Å². The Kier molecular flexibility index (Phi) is 6.98. The van der Waals surface area contributed by atoms with Gasteiger partial charge < -0.3 is 15.0 Å². The number of hydrogen-bond donors (Lipinski definition) is 1. The van der Waals surface area contributed by atoms with Gasteiger partial charge in [0.05, 0.1) is 35.7 Å². The van der Waals surface area contributed by atoms with E-state index >= 15 is 0 Å². The molecule has 1 amide bonds. The van der Waals surface area contributed by atoms with E-state index in [1.807, 2.05) is 67.7 Å². The summed E-state index contributed by atoms with van der Waals surface area (Å²) in [5, 5.41) is 8.68. The number of nitrogens with zero attached hydrogens (tertiary/aromatic N) is 7. The molecule has 2 saturated heterocycles. The minimum atomic E-state index is -0.514. The van der Waals surface area contributed by atoms with E-state index in [0.717, 1.165) is 48.2 Å². The van der Waals surface area contributed by atoms with Crippen molar-refractivity contribution in [2.24, 2.45) is 7.05 Å². The zero-order valence-electron chi connectivity index (χ0n) is 24.9. The first-order valence-electron chi connectivity index (χ1n) is 14.5. The maximum Gasteiger partial charge on any atom is 0.410 e. The lowest BCUT2D eigenvalue weighted by Gasteiger charge is -2.42. The Balaban J connectivity index is 1.17. The molecular formula is C31H37FN8O2. The maximum atomic E-state index is 14.9. The molecule has 1 aromatic carbocycles. The Bertz CT molecular complexity index is 1610. The van der Waals surface area contributed by atoms with Gasteiger partial charge in [-0.15, -0.1) is 0 Å². The van der Waals surface area contributed by atoms with Crippen molar-refractivity contribution in [2.45, 2.75) is 71.1 Å². The fourth-order valence-corrected chi connectivity index (χ4v) is 6.17. The predicted molar refractivity (Wildman–Crippen MR) is 160 cm³/mol. The first-order valence-corrected chi connectivity index (χ1v) is 14.5. The Morgan fingerprint density at radius 3 is 2.45 bits per heavy atom. The molecule has 10 nitrogen and oxygen atoms in total. The summed E-state index contributed by atoms with van der Waals surface area (Å²) in [6, 6.07) is 9.75. The van der Waals surface area contributed by atoms with Crippen molar-refractivity contribution in [1.29, 1.82) is 0 Å². The van der Waals surface area contributed by atoms with Crippen molar-refractivity contribution < 1.29 is 13.9 Å². The minimum Gasteiger partial charge on any atom is -0.444 e. The number of benzene rings is 1. The van der Waals surface area contributed by atoms with Crippen LogP contribution >= 0.6 is 0 Å². The van der Waals surface area contributed by atoms with Crippen LogP contribution in [0.4, 0.5) is 26.6 Å². The van der Waals surface area contributed by atoms with E-state index in [-0.39, 0.29) is 35.7 Å². The molecule has 0 radical (unpaired) electrons. The van der Waals surface area contributed by atoms with Crippen LogP contribution in [-0.2, 0) is 11.8 Å². The second kappa shape index (κ2) is 10.5. The molecule has 42 heavy (non-hydrogen) atoms. The number of aryl methyl sites for hydroxylation is 1. The fraction of sp³-hybridized carbons (Fsp3) is 0.452. The Morgan fingerprint density at radius 1 is 1.07 bits per heavy atom. The van der Waals surface area contributed by atoms with E-state index in [1.165, 1.54) is 6.20 Å². The number of carbonyl (C=O) groups excluding carboxylic acids is 1. The molecule has 0 spiro atoms. The highest BCUT2D eigenvalue weighted by Crippen LogP contribution is 2.34. The highest BCUT2D eigenvalue weighted by Gasteiger charge is 2.44. The van der Waals surface area contributed by atoms with Crippen LogP contribution in [0, 0.1) is 5.82 Å². The van der Waals surface area contributed by atoms with Gasteiger partial charge in [-0.25, -0.2) is 24.1 Å². The highest BCUT2D eigenvalue weighted by atomic mass is 19.1. The van der Waals surface area contributed by atoms with Gasteiger partial charge in [-0.1, -0.05) is 19.9 Å². The van der Waals surface area contributed by atoms with E-state index < -0.39 is 11.4 Å². The standard InChI is InChI=1S/C31H37FN8O2/c1-18(2)28-23-13-19(7-11-25(23)37-38(28)6)27-24(32)15-34-29(36-27)35-26-12-10-20(14-33-26)39-16-21-8-9-22(17-39)40(21)30(41)42-31(3,4)5/h7,10-15,18,21-22H,8-9,16-17H2,1-6H3,(H,33,34,35,36). The highest BCUT2D eigenvalue weighted by molar-refractivity contribution is 5.87. The van der Waals surface area contributed by atoms with Crippen LogP contribution in [0.2, 0.25) is 0 Å². The van der Waals surface area contributed by atoms with Gasteiger partial charge in [-0.2, -0.15) is 5.10 Å². The number of pyridine rings is 1. The summed E-state index contributed by atoms with van der Waals surface area (Å²) in [4.78, 5) is 30.2. The zero-order valence-corrected chi connectivity index (χ0v) is 24.9. The van der Waals surface area contributed by atoms with Crippen molar-refractivity contribution in [3.63, 3.8) is 0 Å². The summed E-state index contributed by atoms with van der Waals surface area (Å²) in [5.74, 6) is 0.571. The molecule has 11 heteroatoms. The van der Waals surface area contributed by atoms with Gasteiger partial charge in [-0.05, 0) is 63.8 Å². The summed E-state index contributed by atoms with van der Waals surface area (Å²) in [7, 11) is 1.93. The maximum absolute atomic E-state index is 14.9. The molecule has 2 atom stereocenters. The van der Waals surface area contributed by atoms with Crippen molar-refractivity contribution >= 4 is 34.4 Å². The van der Waals surface area contributed by atoms with Crippen LogP contribution in [0.5, 0.6) is 0 Å². The number of carbonyl (C=O) groups is 1. The van der Waals surface area contributed by atoms with E-state index in [2.05, 4.69) is 44.1 Å². The van der Waals surface area contributed by atoms with Crippen LogP contribution in [0.25, 0.3) is 22.2 Å². The van der Waals surface area contributed by atoms with Gasteiger partial charge in [0.25, 0.3) is 0 Å². The van der Waals surface area contributed by atoms with Gasteiger partial charge in [-0.3, -0.25) is 9.58 Å². The second-order valence-electron chi connectivity index (χ2n) is 12.5. The lowest BCUT2D eigenvalue weighted by Crippen LogP contribution is -2.56. The molecule has 2 unspecified atom stereocenters. The van der Waals surface area contributed by atoms with E-state index in [4.69, 9.17) is 4.74 Å². The molecule has 220 valence electrons. The molecule has 6 rings (SSSR count). The van der Waals surface area contributed by atoms with Crippen LogP contribution in [0.15, 0.2) is 42.7 Å². The van der Waals surface area contributed by atoms with Crippen molar-refractivity contribution in [3.05, 3.63) is 54.2 Å². The number of nitrogens with one attached hydrogen (secondary N) is 1.